The molecule has 0 amide bonds. The fraction of sp³-hybridized carbons (Fsp3) is 0.423. The highest BCUT2D eigenvalue weighted by atomic mass is 14.9. The Hall–Kier alpha value is -2.15. The lowest BCUT2D eigenvalue weighted by Gasteiger charge is -2.22. The molecule has 0 N–H and O–H groups in total. The molecule has 0 aliphatic rings. The van der Waals surface area contributed by atoms with Crippen molar-refractivity contribution < 1.29 is 4.57 Å². The molecule has 27 heavy (non-hydrogen) atoms. The van der Waals surface area contributed by atoms with Gasteiger partial charge in [-0.1, -0.05) is 52.8 Å². The maximum absolute atomic E-state index is 2.40. The van der Waals surface area contributed by atoms with Crippen molar-refractivity contribution in [2.24, 2.45) is 7.05 Å². The van der Waals surface area contributed by atoms with Gasteiger partial charge in [0.05, 0.1) is 10.9 Å². The first-order valence-corrected chi connectivity index (χ1v) is 10.2. The summed E-state index contributed by atoms with van der Waals surface area (Å²) in [6, 6.07) is 14.0. The Morgan fingerprint density at radius 3 is 2.33 bits per heavy atom. The van der Waals surface area contributed by atoms with Gasteiger partial charge in [-0.2, -0.15) is 0 Å². The summed E-state index contributed by atoms with van der Waals surface area (Å²) in [6.07, 6.45) is 3.38. The molecule has 3 rings (SSSR count). The van der Waals surface area contributed by atoms with Crippen LogP contribution in [0.25, 0.3) is 22.0 Å². The number of hydrogen-bond donors (Lipinski definition) is 0. The second-order valence-corrected chi connectivity index (χ2v) is 9.15. The van der Waals surface area contributed by atoms with Gasteiger partial charge < -0.3 is 0 Å². The van der Waals surface area contributed by atoms with Crippen LogP contribution in [0.15, 0.2) is 42.6 Å². The van der Waals surface area contributed by atoms with Gasteiger partial charge in [-0.05, 0) is 71.4 Å². The van der Waals surface area contributed by atoms with Crippen molar-refractivity contribution in [3.63, 3.8) is 0 Å². The van der Waals surface area contributed by atoms with Gasteiger partial charge in [-0.25, -0.2) is 4.57 Å². The Labute approximate surface area is 165 Å². The van der Waals surface area contributed by atoms with E-state index in [9.17, 15) is 0 Å². The molecule has 0 aliphatic carbocycles. The second-order valence-electron chi connectivity index (χ2n) is 9.15. The summed E-state index contributed by atoms with van der Waals surface area (Å²) < 4.78 is 2.28. The minimum Gasteiger partial charge on any atom is -0.200 e. The number of aryl methyl sites for hydroxylation is 2. The largest absolute Gasteiger partial charge is 0.220 e. The van der Waals surface area contributed by atoms with E-state index in [1.54, 1.807) is 0 Å². The molecule has 0 spiro atoms. The van der Waals surface area contributed by atoms with Crippen LogP contribution in [-0.4, -0.2) is 0 Å². The van der Waals surface area contributed by atoms with E-state index in [-0.39, 0.29) is 5.41 Å². The number of rotatable bonds is 3. The van der Waals surface area contributed by atoms with Crippen LogP contribution >= 0.6 is 0 Å². The van der Waals surface area contributed by atoms with Crippen molar-refractivity contribution in [2.75, 3.05) is 0 Å². The van der Waals surface area contributed by atoms with Gasteiger partial charge in [0.2, 0.25) is 5.69 Å². The first-order valence-electron chi connectivity index (χ1n) is 10.2. The quantitative estimate of drug-likeness (QED) is 0.454. The minimum atomic E-state index is 0.139. The zero-order chi connectivity index (χ0) is 19.9. The molecule has 1 heterocycles. The highest BCUT2D eigenvalue weighted by Crippen LogP contribution is 2.35. The molecule has 2 aromatic carbocycles. The van der Waals surface area contributed by atoms with Gasteiger partial charge in [-0.3, -0.25) is 0 Å². The molecular formula is C26H34N+. The molecule has 1 atom stereocenters. The summed E-state index contributed by atoms with van der Waals surface area (Å²) in [6.45, 7) is 15.9. The molecule has 0 fully saturated rings. The van der Waals surface area contributed by atoms with Gasteiger partial charge in [0.25, 0.3) is 0 Å². The molecule has 0 aliphatic heterocycles. The van der Waals surface area contributed by atoms with Crippen molar-refractivity contribution in [2.45, 2.75) is 66.2 Å². The van der Waals surface area contributed by atoms with E-state index in [1.165, 1.54) is 50.7 Å². The number of hydrogen-bond acceptors (Lipinski definition) is 0. The summed E-state index contributed by atoms with van der Waals surface area (Å²) in [7, 11) is 2.16. The third-order valence-corrected chi connectivity index (χ3v) is 6.13. The van der Waals surface area contributed by atoms with Crippen LogP contribution in [0.5, 0.6) is 0 Å². The molecule has 142 valence electrons. The number of pyridine rings is 1. The summed E-state index contributed by atoms with van der Waals surface area (Å²) in [5, 5.41) is 2.67. The number of benzene rings is 2. The van der Waals surface area contributed by atoms with Crippen LogP contribution in [0.2, 0.25) is 0 Å². The maximum atomic E-state index is 2.40. The number of fused-ring (bicyclic) bond motifs is 1. The average molecular weight is 361 g/mol. The predicted molar refractivity (Wildman–Crippen MR) is 117 cm³/mol. The molecule has 0 saturated carbocycles. The molecule has 3 aromatic rings. The van der Waals surface area contributed by atoms with E-state index in [0.717, 1.165) is 0 Å². The third-order valence-electron chi connectivity index (χ3n) is 6.13. The monoisotopic (exact) mass is 360 g/mol. The topological polar surface area (TPSA) is 3.88 Å². The normalized spacial score (nSPS) is 13.2. The molecule has 1 heteroatoms. The molecule has 0 bridgehead atoms. The Morgan fingerprint density at radius 1 is 1.00 bits per heavy atom. The van der Waals surface area contributed by atoms with E-state index in [0.29, 0.717) is 5.92 Å². The fourth-order valence-corrected chi connectivity index (χ4v) is 3.81. The van der Waals surface area contributed by atoms with E-state index >= 15 is 0 Å². The maximum Gasteiger partial charge on any atom is 0.220 e. The van der Waals surface area contributed by atoms with Crippen LogP contribution in [0.4, 0.5) is 0 Å². The Morgan fingerprint density at radius 2 is 1.70 bits per heavy atom. The molecular weight excluding hydrogens is 326 g/mol. The van der Waals surface area contributed by atoms with Crippen LogP contribution in [-0.2, 0) is 12.5 Å². The van der Waals surface area contributed by atoms with Crippen molar-refractivity contribution in [1.29, 1.82) is 0 Å². The lowest BCUT2D eigenvalue weighted by Crippen LogP contribution is -2.31. The zero-order valence-corrected chi connectivity index (χ0v) is 18.3. The SMILES string of the molecule is CCC(C)c1ccc2c(-c3cc(C(C)(C)C)cc(C)c3C)[n+](C)ccc2c1. The first kappa shape index (κ1) is 19.6. The van der Waals surface area contributed by atoms with Crippen LogP contribution in [0.3, 0.4) is 0 Å². The van der Waals surface area contributed by atoms with E-state index < -0.39 is 0 Å². The predicted octanol–water partition coefficient (Wildman–Crippen LogP) is 6.76. The van der Waals surface area contributed by atoms with Gasteiger partial charge in [0, 0.05) is 6.07 Å². The Bertz CT molecular complexity index is 989. The second kappa shape index (κ2) is 7.11. The summed E-state index contributed by atoms with van der Waals surface area (Å²) >= 11 is 0. The van der Waals surface area contributed by atoms with Crippen molar-refractivity contribution in [3.8, 4) is 11.3 Å². The van der Waals surface area contributed by atoms with Gasteiger partial charge in [0.1, 0.15) is 7.05 Å². The van der Waals surface area contributed by atoms with Gasteiger partial charge >= 0.3 is 0 Å². The molecule has 1 unspecified atom stereocenters. The fourth-order valence-electron chi connectivity index (χ4n) is 3.81. The summed E-state index contributed by atoms with van der Waals surface area (Å²) in [4.78, 5) is 0. The van der Waals surface area contributed by atoms with E-state index in [1.807, 2.05) is 0 Å². The van der Waals surface area contributed by atoms with E-state index in [2.05, 4.69) is 103 Å². The van der Waals surface area contributed by atoms with Crippen molar-refractivity contribution in [1.82, 2.24) is 0 Å². The lowest BCUT2D eigenvalue weighted by atomic mass is 9.82. The van der Waals surface area contributed by atoms with Gasteiger partial charge in [-0.15, -0.1) is 0 Å². The number of aromatic nitrogens is 1. The highest BCUT2D eigenvalue weighted by molar-refractivity contribution is 5.94. The molecule has 1 nitrogen and oxygen atoms in total. The third kappa shape index (κ3) is 3.65. The zero-order valence-electron chi connectivity index (χ0n) is 18.3. The summed E-state index contributed by atoms with van der Waals surface area (Å²) in [5.74, 6) is 0.597. The molecule has 0 saturated heterocycles. The van der Waals surface area contributed by atoms with Crippen molar-refractivity contribution >= 4 is 10.8 Å². The molecule has 1 aromatic heterocycles. The lowest BCUT2D eigenvalue weighted by molar-refractivity contribution is -0.659. The Balaban J connectivity index is 2.31. The number of nitrogens with zero attached hydrogens (tertiary/aromatic N) is 1. The Kier molecular flexibility index (Phi) is 5.16. The minimum absolute atomic E-state index is 0.139. The highest BCUT2D eigenvalue weighted by Gasteiger charge is 2.22. The first-order chi connectivity index (χ1) is 12.6. The smallest absolute Gasteiger partial charge is 0.200 e. The summed E-state index contributed by atoms with van der Waals surface area (Å²) in [5.41, 5.74) is 8.37. The standard InChI is InChI=1S/C26H34N/c1-9-17(2)20-10-11-23-21(15-20)12-13-27(8)25(23)24-16-22(26(5,6)7)14-18(3)19(24)4/h10-17H,9H2,1-8H3/q+1. The average Bonchev–Trinajstić information content (AvgIpc) is 2.62. The van der Waals surface area contributed by atoms with Gasteiger partial charge in [0.15, 0.2) is 6.20 Å². The van der Waals surface area contributed by atoms with Crippen LogP contribution in [0.1, 0.15) is 69.2 Å². The molecule has 0 radical (unpaired) electrons. The van der Waals surface area contributed by atoms with Crippen molar-refractivity contribution in [3.05, 3.63) is 64.8 Å². The van der Waals surface area contributed by atoms with E-state index in [4.69, 9.17) is 0 Å². The van der Waals surface area contributed by atoms with Crippen LogP contribution in [0, 0.1) is 13.8 Å². The van der Waals surface area contributed by atoms with Crippen LogP contribution < -0.4 is 4.57 Å².